The molecule has 2 rings (SSSR count). The van der Waals surface area contributed by atoms with Crippen LogP contribution in [0.25, 0.3) is 11.4 Å². The molecule has 27 heavy (non-hydrogen) atoms. The molecule has 0 aliphatic carbocycles. The van der Waals surface area contributed by atoms with E-state index in [4.69, 9.17) is 28.5 Å². The zero-order chi connectivity index (χ0) is 20.0. The number of thioether (sulfide) groups is 1. The van der Waals surface area contributed by atoms with E-state index in [1.807, 2.05) is 16.7 Å². The molecule has 0 atom stereocenters. The van der Waals surface area contributed by atoms with Crippen molar-refractivity contribution in [3.63, 3.8) is 0 Å². The van der Waals surface area contributed by atoms with Crippen LogP contribution in [0.4, 0.5) is 0 Å². The molecule has 9 heteroatoms. The zero-order valence-corrected chi connectivity index (χ0v) is 17.8. The molecule has 1 amide bonds. The van der Waals surface area contributed by atoms with Gasteiger partial charge < -0.3 is 9.47 Å². The van der Waals surface area contributed by atoms with Gasteiger partial charge in [0.15, 0.2) is 11.0 Å². The molecule has 0 saturated carbocycles. The minimum Gasteiger partial charge on any atom is -0.344 e. The minimum atomic E-state index is -0.0552. The van der Waals surface area contributed by atoms with Crippen molar-refractivity contribution < 1.29 is 4.79 Å². The summed E-state index contributed by atoms with van der Waals surface area (Å²) in [6.07, 6.45) is 0.315. The summed E-state index contributed by atoms with van der Waals surface area (Å²) in [4.78, 5) is 13.8. The maximum atomic E-state index is 12.2. The van der Waals surface area contributed by atoms with Crippen molar-refractivity contribution in [2.24, 2.45) is 5.92 Å². The summed E-state index contributed by atoms with van der Waals surface area (Å²) in [7, 11) is 1.69. The number of benzene rings is 1. The fraction of sp³-hybridized carbons (Fsp3) is 0.444. The number of nitrogens with zero attached hydrogens (tertiary/aromatic N) is 5. The van der Waals surface area contributed by atoms with Gasteiger partial charge >= 0.3 is 0 Å². The summed E-state index contributed by atoms with van der Waals surface area (Å²) in [6, 6.07) is 7.30. The van der Waals surface area contributed by atoms with Gasteiger partial charge in [0.2, 0.25) is 5.91 Å². The van der Waals surface area contributed by atoms with Crippen LogP contribution in [0, 0.1) is 17.2 Å². The Morgan fingerprint density at radius 3 is 2.74 bits per heavy atom. The molecular weight excluding hydrogens is 405 g/mol. The van der Waals surface area contributed by atoms with Crippen molar-refractivity contribution in [2.45, 2.75) is 32.0 Å². The first-order valence-corrected chi connectivity index (χ1v) is 10.2. The van der Waals surface area contributed by atoms with Gasteiger partial charge in [-0.2, -0.15) is 5.26 Å². The Morgan fingerprint density at radius 2 is 2.11 bits per heavy atom. The minimum absolute atomic E-state index is 0.0552. The van der Waals surface area contributed by atoms with Crippen LogP contribution in [0.3, 0.4) is 0 Å². The average Bonchev–Trinajstić information content (AvgIpc) is 2.99. The lowest BCUT2D eigenvalue weighted by molar-refractivity contribution is -0.127. The molecular formula is C18H21Cl2N5OS. The largest absolute Gasteiger partial charge is 0.344 e. The molecule has 2 aromatic rings. The molecule has 1 aromatic carbocycles. The van der Waals surface area contributed by atoms with Gasteiger partial charge in [-0.25, -0.2) is 0 Å². The van der Waals surface area contributed by atoms with E-state index in [1.165, 1.54) is 11.8 Å². The first-order valence-electron chi connectivity index (χ1n) is 8.45. The Labute approximate surface area is 173 Å². The predicted octanol–water partition coefficient (Wildman–Crippen LogP) is 4.37. The number of carbonyl (C=O) groups is 1. The van der Waals surface area contributed by atoms with Crippen molar-refractivity contribution in [2.75, 3.05) is 19.3 Å². The zero-order valence-electron chi connectivity index (χ0n) is 15.4. The second kappa shape index (κ2) is 9.98. The summed E-state index contributed by atoms with van der Waals surface area (Å²) >= 11 is 13.7. The van der Waals surface area contributed by atoms with Gasteiger partial charge in [0.25, 0.3) is 0 Å². The average molecular weight is 426 g/mol. The number of hydrogen-bond acceptors (Lipinski definition) is 5. The summed E-state index contributed by atoms with van der Waals surface area (Å²) in [5.74, 6) is 1.18. The van der Waals surface area contributed by atoms with Gasteiger partial charge in [0.1, 0.15) is 0 Å². The molecule has 0 aliphatic heterocycles. The van der Waals surface area contributed by atoms with E-state index in [0.717, 1.165) is 5.56 Å². The maximum Gasteiger partial charge on any atom is 0.232 e. The third kappa shape index (κ3) is 5.86. The summed E-state index contributed by atoms with van der Waals surface area (Å²) in [6.45, 7) is 5.31. The van der Waals surface area contributed by atoms with Crippen LogP contribution in [-0.4, -0.2) is 44.9 Å². The van der Waals surface area contributed by atoms with Crippen LogP contribution in [0.1, 0.15) is 20.3 Å². The van der Waals surface area contributed by atoms with E-state index in [1.54, 1.807) is 24.1 Å². The second-order valence-electron chi connectivity index (χ2n) is 6.45. The molecule has 0 radical (unpaired) electrons. The Balaban J connectivity index is 2.23. The highest BCUT2D eigenvalue weighted by Gasteiger charge is 2.19. The van der Waals surface area contributed by atoms with Crippen LogP contribution in [-0.2, 0) is 11.3 Å². The Kier molecular flexibility index (Phi) is 7.96. The van der Waals surface area contributed by atoms with Gasteiger partial charge in [-0.15, -0.1) is 10.2 Å². The number of amides is 1. The van der Waals surface area contributed by atoms with Crippen molar-refractivity contribution in [1.29, 1.82) is 5.26 Å². The molecule has 0 unspecified atom stereocenters. The molecule has 144 valence electrons. The lowest BCUT2D eigenvalue weighted by Crippen LogP contribution is -2.29. The molecule has 0 aliphatic rings. The number of hydrogen-bond donors (Lipinski definition) is 0. The van der Waals surface area contributed by atoms with Crippen molar-refractivity contribution >= 4 is 40.9 Å². The lowest BCUT2D eigenvalue weighted by Gasteiger charge is -2.16. The molecule has 6 nitrogen and oxygen atoms in total. The van der Waals surface area contributed by atoms with Crippen molar-refractivity contribution in [3.05, 3.63) is 28.2 Å². The molecule has 0 fully saturated rings. The standard InChI is InChI=1S/C18H21Cl2N5OS/c1-12(2)10-25-17(14-6-5-13(19)9-15(14)20)22-23-18(25)27-11-16(26)24(3)8-4-7-21/h5-6,9,12H,4,8,10-11H2,1-3H3. The molecule has 0 bridgehead atoms. The van der Waals surface area contributed by atoms with Gasteiger partial charge in [-0.3, -0.25) is 4.79 Å². The van der Waals surface area contributed by atoms with Gasteiger partial charge in [0, 0.05) is 30.7 Å². The maximum absolute atomic E-state index is 12.2. The highest BCUT2D eigenvalue weighted by atomic mass is 35.5. The predicted molar refractivity (Wildman–Crippen MR) is 109 cm³/mol. The smallest absolute Gasteiger partial charge is 0.232 e. The molecule has 0 N–H and O–H groups in total. The van der Waals surface area contributed by atoms with Crippen LogP contribution in [0.5, 0.6) is 0 Å². The molecule has 0 saturated heterocycles. The quantitative estimate of drug-likeness (QED) is 0.586. The number of carbonyl (C=O) groups excluding carboxylic acids is 1. The summed E-state index contributed by atoms with van der Waals surface area (Å²) in [5, 5.41) is 18.9. The number of rotatable bonds is 8. The monoisotopic (exact) mass is 425 g/mol. The number of aromatic nitrogens is 3. The van der Waals surface area contributed by atoms with Crippen molar-refractivity contribution in [1.82, 2.24) is 19.7 Å². The fourth-order valence-corrected chi connectivity index (χ4v) is 3.76. The van der Waals surface area contributed by atoms with E-state index >= 15 is 0 Å². The molecule has 1 aromatic heterocycles. The molecule has 1 heterocycles. The third-order valence-corrected chi connectivity index (χ3v) is 5.25. The summed E-state index contributed by atoms with van der Waals surface area (Å²) in [5.41, 5.74) is 0.749. The Morgan fingerprint density at radius 1 is 1.37 bits per heavy atom. The van der Waals surface area contributed by atoms with Gasteiger partial charge in [-0.1, -0.05) is 48.8 Å². The van der Waals surface area contributed by atoms with E-state index in [0.29, 0.717) is 46.5 Å². The first kappa shape index (κ1) is 21.5. The first-order chi connectivity index (χ1) is 12.8. The van der Waals surface area contributed by atoms with Crippen molar-refractivity contribution in [3.8, 4) is 17.5 Å². The van der Waals surface area contributed by atoms with Crippen LogP contribution < -0.4 is 0 Å². The van der Waals surface area contributed by atoms with Crippen LogP contribution in [0.2, 0.25) is 10.0 Å². The highest BCUT2D eigenvalue weighted by molar-refractivity contribution is 7.99. The van der Waals surface area contributed by atoms with Gasteiger partial charge in [0.05, 0.1) is 23.3 Å². The van der Waals surface area contributed by atoms with E-state index in [-0.39, 0.29) is 11.7 Å². The topological polar surface area (TPSA) is 74.8 Å². The van der Waals surface area contributed by atoms with E-state index < -0.39 is 0 Å². The summed E-state index contributed by atoms with van der Waals surface area (Å²) < 4.78 is 1.98. The number of nitriles is 1. The SMILES string of the molecule is CC(C)Cn1c(SCC(=O)N(C)CCC#N)nnc1-c1ccc(Cl)cc1Cl. The third-order valence-electron chi connectivity index (χ3n) is 3.75. The van der Waals surface area contributed by atoms with Gasteiger partial charge in [-0.05, 0) is 24.1 Å². The number of halogens is 2. The van der Waals surface area contributed by atoms with Crippen LogP contribution in [0.15, 0.2) is 23.4 Å². The normalized spacial score (nSPS) is 10.9. The highest BCUT2D eigenvalue weighted by Crippen LogP contribution is 2.32. The molecule has 0 spiro atoms. The second-order valence-corrected chi connectivity index (χ2v) is 8.23. The lowest BCUT2D eigenvalue weighted by atomic mass is 10.2. The Bertz CT molecular complexity index is 847. The van der Waals surface area contributed by atoms with Crippen LogP contribution >= 0.6 is 35.0 Å². The van der Waals surface area contributed by atoms with E-state index in [9.17, 15) is 4.79 Å². The fourth-order valence-electron chi connectivity index (χ4n) is 2.37. The van der Waals surface area contributed by atoms with E-state index in [2.05, 4.69) is 24.0 Å². The Hall–Kier alpha value is -1.75.